The average molecular weight is 243 g/mol. The lowest BCUT2D eigenvalue weighted by Gasteiger charge is -2.14. The van der Waals surface area contributed by atoms with Gasteiger partial charge in [-0.1, -0.05) is 0 Å². The molecule has 0 spiro atoms. The molecule has 0 amide bonds. The zero-order valence-corrected chi connectivity index (χ0v) is 11.2. The lowest BCUT2D eigenvalue weighted by molar-refractivity contribution is -0.139. The Kier molecular flexibility index (Phi) is 7.21. The third-order valence-corrected chi connectivity index (χ3v) is 2.05. The maximum atomic E-state index is 11.5. The van der Waals surface area contributed by atoms with Gasteiger partial charge in [0.25, 0.3) is 0 Å². The summed E-state index contributed by atoms with van der Waals surface area (Å²) < 4.78 is 9.91. The van der Waals surface area contributed by atoms with Gasteiger partial charge < -0.3 is 14.4 Å². The van der Waals surface area contributed by atoms with Crippen molar-refractivity contribution in [3.8, 4) is 0 Å². The first-order valence-electron chi connectivity index (χ1n) is 5.58. The van der Waals surface area contributed by atoms with Gasteiger partial charge in [0.15, 0.2) is 0 Å². The van der Waals surface area contributed by atoms with E-state index >= 15 is 0 Å². The van der Waals surface area contributed by atoms with E-state index in [1.807, 2.05) is 19.0 Å². The predicted octanol–water partition coefficient (Wildman–Crippen LogP) is 1.34. The van der Waals surface area contributed by atoms with Crippen LogP contribution >= 0.6 is 0 Å². The van der Waals surface area contributed by atoms with E-state index < -0.39 is 11.9 Å². The smallest absolute Gasteiger partial charge is 0.337 e. The maximum absolute atomic E-state index is 11.5. The van der Waals surface area contributed by atoms with Gasteiger partial charge in [-0.25, -0.2) is 4.79 Å². The number of esters is 2. The molecule has 17 heavy (non-hydrogen) atoms. The number of hydrogen-bond donors (Lipinski definition) is 0. The van der Waals surface area contributed by atoms with Crippen LogP contribution in [-0.2, 0) is 19.1 Å². The molecule has 0 aliphatic rings. The lowest BCUT2D eigenvalue weighted by Crippen LogP contribution is -2.17. The van der Waals surface area contributed by atoms with Gasteiger partial charge in [-0.3, -0.25) is 4.79 Å². The molecule has 0 aromatic carbocycles. The molecule has 0 saturated heterocycles. The van der Waals surface area contributed by atoms with E-state index in [1.54, 1.807) is 13.8 Å². The molecule has 0 fully saturated rings. The van der Waals surface area contributed by atoms with Gasteiger partial charge >= 0.3 is 11.9 Å². The topological polar surface area (TPSA) is 55.8 Å². The van der Waals surface area contributed by atoms with Crippen molar-refractivity contribution < 1.29 is 19.1 Å². The SMILES string of the molecule is CCOC(=O)C(C)=C(CCN(C)C)OC(C)=O. The zero-order chi connectivity index (χ0) is 13.4. The second-order valence-electron chi connectivity index (χ2n) is 3.92. The third-order valence-electron chi connectivity index (χ3n) is 2.05. The van der Waals surface area contributed by atoms with Gasteiger partial charge in [0.05, 0.1) is 12.2 Å². The summed E-state index contributed by atoms with van der Waals surface area (Å²) in [6.45, 7) is 5.65. The molecule has 0 aromatic rings. The van der Waals surface area contributed by atoms with Gasteiger partial charge in [0, 0.05) is 19.9 Å². The van der Waals surface area contributed by atoms with Gasteiger partial charge in [0.1, 0.15) is 5.76 Å². The quantitative estimate of drug-likeness (QED) is 0.400. The molecule has 0 atom stereocenters. The highest BCUT2D eigenvalue weighted by molar-refractivity contribution is 5.88. The van der Waals surface area contributed by atoms with Crippen LogP contribution in [0.1, 0.15) is 27.2 Å². The Labute approximate surface area is 102 Å². The Morgan fingerprint density at radius 1 is 1.18 bits per heavy atom. The van der Waals surface area contributed by atoms with Crippen molar-refractivity contribution in [1.29, 1.82) is 0 Å². The highest BCUT2D eigenvalue weighted by Gasteiger charge is 2.15. The number of nitrogens with zero attached hydrogens (tertiary/aromatic N) is 1. The first-order chi connectivity index (χ1) is 7.88. The average Bonchev–Trinajstić information content (AvgIpc) is 2.22. The van der Waals surface area contributed by atoms with E-state index in [9.17, 15) is 9.59 Å². The van der Waals surface area contributed by atoms with Crippen molar-refractivity contribution in [3.63, 3.8) is 0 Å². The fraction of sp³-hybridized carbons (Fsp3) is 0.667. The molecule has 0 heterocycles. The van der Waals surface area contributed by atoms with Gasteiger partial charge in [-0.15, -0.1) is 0 Å². The molecule has 0 unspecified atom stereocenters. The van der Waals surface area contributed by atoms with Crippen LogP contribution in [0.15, 0.2) is 11.3 Å². The van der Waals surface area contributed by atoms with E-state index in [0.29, 0.717) is 30.9 Å². The van der Waals surface area contributed by atoms with Crippen LogP contribution in [0.4, 0.5) is 0 Å². The van der Waals surface area contributed by atoms with Crippen molar-refractivity contribution in [1.82, 2.24) is 4.90 Å². The standard InChI is InChI=1S/C12H21NO4/c1-6-16-12(15)9(2)11(17-10(3)14)7-8-13(4)5/h6-8H2,1-5H3. The zero-order valence-electron chi connectivity index (χ0n) is 11.2. The molecule has 0 rings (SSSR count). The van der Waals surface area contributed by atoms with Crippen LogP contribution in [0.3, 0.4) is 0 Å². The lowest BCUT2D eigenvalue weighted by atomic mass is 10.2. The van der Waals surface area contributed by atoms with Crippen LogP contribution in [-0.4, -0.2) is 44.1 Å². The first kappa shape index (κ1) is 15.6. The van der Waals surface area contributed by atoms with E-state index in [2.05, 4.69) is 0 Å². The van der Waals surface area contributed by atoms with E-state index in [1.165, 1.54) is 6.92 Å². The number of hydrogen-bond acceptors (Lipinski definition) is 5. The maximum Gasteiger partial charge on any atom is 0.337 e. The number of ether oxygens (including phenoxy) is 2. The van der Waals surface area contributed by atoms with Crippen LogP contribution in [0.2, 0.25) is 0 Å². The number of carbonyl (C=O) groups is 2. The van der Waals surface area contributed by atoms with E-state index in [-0.39, 0.29) is 0 Å². The second kappa shape index (κ2) is 7.84. The Hall–Kier alpha value is -1.36. The largest absolute Gasteiger partial charge is 0.463 e. The van der Waals surface area contributed by atoms with Gasteiger partial charge in [-0.05, 0) is 27.9 Å². The molecule has 0 saturated carbocycles. The molecule has 98 valence electrons. The molecule has 5 heteroatoms. The summed E-state index contributed by atoms with van der Waals surface area (Å²) in [6, 6.07) is 0. The summed E-state index contributed by atoms with van der Waals surface area (Å²) in [6.07, 6.45) is 0.497. The first-order valence-corrected chi connectivity index (χ1v) is 5.58. The summed E-state index contributed by atoms with van der Waals surface area (Å²) in [4.78, 5) is 24.4. The normalized spacial score (nSPS) is 12.1. The Balaban J connectivity index is 4.79. The minimum atomic E-state index is -0.442. The Morgan fingerprint density at radius 3 is 2.18 bits per heavy atom. The van der Waals surface area contributed by atoms with Crippen molar-refractivity contribution in [2.75, 3.05) is 27.2 Å². The van der Waals surface area contributed by atoms with Gasteiger partial charge in [0.2, 0.25) is 0 Å². The summed E-state index contributed by atoms with van der Waals surface area (Å²) in [7, 11) is 3.82. The summed E-state index contributed by atoms with van der Waals surface area (Å²) in [5, 5.41) is 0. The molecule has 5 nitrogen and oxygen atoms in total. The monoisotopic (exact) mass is 243 g/mol. The summed E-state index contributed by atoms with van der Waals surface area (Å²) in [5.74, 6) is -0.491. The summed E-state index contributed by atoms with van der Waals surface area (Å²) >= 11 is 0. The van der Waals surface area contributed by atoms with Crippen LogP contribution in [0, 0.1) is 0 Å². The molecule has 0 aliphatic heterocycles. The number of carbonyl (C=O) groups excluding carboxylic acids is 2. The Morgan fingerprint density at radius 2 is 1.76 bits per heavy atom. The second-order valence-corrected chi connectivity index (χ2v) is 3.92. The molecule has 0 radical (unpaired) electrons. The molecular formula is C12H21NO4. The third kappa shape index (κ3) is 6.73. The molecule has 0 N–H and O–H groups in total. The van der Waals surface area contributed by atoms with Crippen LogP contribution in [0.25, 0.3) is 0 Å². The van der Waals surface area contributed by atoms with Crippen LogP contribution < -0.4 is 0 Å². The fourth-order valence-electron chi connectivity index (χ4n) is 1.17. The summed E-state index contributed by atoms with van der Waals surface area (Å²) in [5.41, 5.74) is 0.351. The molecular weight excluding hydrogens is 222 g/mol. The van der Waals surface area contributed by atoms with E-state index in [4.69, 9.17) is 9.47 Å². The van der Waals surface area contributed by atoms with Crippen molar-refractivity contribution in [3.05, 3.63) is 11.3 Å². The molecule has 0 aromatic heterocycles. The molecule has 0 aliphatic carbocycles. The Bertz CT molecular complexity index is 308. The predicted molar refractivity (Wildman–Crippen MR) is 64.3 cm³/mol. The van der Waals surface area contributed by atoms with Gasteiger partial charge in [-0.2, -0.15) is 0 Å². The van der Waals surface area contributed by atoms with E-state index in [0.717, 1.165) is 0 Å². The minimum absolute atomic E-state index is 0.303. The molecule has 0 bridgehead atoms. The highest BCUT2D eigenvalue weighted by Crippen LogP contribution is 2.13. The van der Waals surface area contributed by atoms with Crippen LogP contribution in [0.5, 0.6) is 0 Å². The van der Waals surface area contributed by atoms with Crippen molar-refractivity contribution >= 4 is 11.9 Å². The minimum Gasteiger partial charge on any atom is -0.463 e. The van der Waals surface area contributed by atoms with Crippen molar-refractivity contribution in [2.24, 2.45) is 0 Å². The van der Waals surface area contributed by atoms with Crippen molar-refractivity contribution in [2.45, 2.75) is 27.2 Å². The highest BCUT2D eigenvalue weighted by atomic mass is 16.5. The number of rotatable bonds is 6. The fourth-order valence-corrected chi connectivity index (χ4v) is 1.17.